The highest BCUT2D eigenvalue weighted by molar-refractivity contribution is 5.79. The van der Waals surface area contributed by atoms with Gasteiger partial charge in [-0.2, -0.15) is 0 Å². The molecule has 0 unspecified atom stereocenters. The van der Waals surface area contributed by atoms with Gasteiger partial charge in [-0.05, 0) is 11.3 Å². The number of ketones is 1. The first-order chi connectivity index (χ1) is 6.42. The molecule has 0 aromatic rings. The lowest BCUT2D eigenvalue weighted by Gasteiger charge is -2.37. The van der Waals surface area contributed by atoms with Crippen LogP contribution in [-0.4, -0.2) is 30.3 Å². The van der Waals surface area contributed by atoms with Gasteiger partial charge in [0.1, 0.15) is 5.78 Å². The Labute approximate surface area is 87.7 Å². The lowest BCUT2D eigenvalue weighted by molar-refractivity contribution is -0.121. The summed E-state index contributed by atoms with van der Waals surface area (Å²) in [5, 5.41) is 0. The first-order valence-corrected chi connectivity index (χ1v) is 5.66. The van der Waals surface area contributed by atoms with Gasteiger partial charge in [0.15, 0.2) is 0 Å². The highest BCUT2D eigenvalue weighted by Gasteiger charge is 2.27. The van der Waals surface area contributed by atoms with E-state index in [1.165, 1.54) is 0 Å². The summed E-state index contributed by atoms with van der Waals surface area (Å²) in [5.41, 5.74) is 0.361. The molecule has 0 N–H and O–H groups in total. The molecular weight excluding hydrogens is 174 g/mol. The second kappa shape index (κ2) is 4.43. The summed E-state index contributed by atoms with van der Waals surface area (Å²) >= 11 is 0. The summed E-state index contributed by atoms with van der Waals surface area (Å²) < 4.78 is 0. The van der Waals surface area contributed by atoms with Gasteiger partial charge in [0, 0.05) is 32.5 Å². The Balaban J connectivity index is 2.41. The third-order valence-corrected chi connectivity index (χ3v) is 3.61. The molecule has 0 amide bonds. The number of nitrogens with zero attached hydrogens (tertiary/aromatic N) is 1. The minimum absolute atomic E-state index is 0.361. The van der Waals surface area contributed by atoms with Gasteiger partial charge in [0.2, 0.25) is 0 Å². The first-order valence-electron chi connectivity index (χ1n) is 5.66. The minimum atomic E-state index is 0.361. The molecule has 1 aliphatic rings. The Morgan fingerprint density at radius 3 is 2.21 bits per heavy atom. The van der Waals surface area contributed by atoms with Gasteiger partial charge in [0.25, 0.3) is 0 Å². The van der Waals surface area contributed by atoms with Gasteiger partial charge >= 0.3 is 0 Å². The molecule has 82 valence electrons. The molecule has 0 aromatic carbocycles. The Morgan fingerprint density at radius 2 is 1.79 bits per heavy atom. The van der Waals surface area contributed by atoms with Gasteiger partial charge in [-0.15, -0.1) is 0 Å². The van der Waals surface area contributed by atoms with Crippen LogP contribution in [0.5, 0.6) is 0 Å². The van der Waals surface area contributed by atoms with Crippen LogP contribution in [0.15, 0.2) is 0 Å². The van der Waals surface area contributed by atoms with Gasteiger partial charge in [-0.1, -0.05) is 27.7 Å². The van der Waals surface area contributed by atoms with Crippen molar-refractivity contribution in [1.29, 1.82) is 0 Å². The molecule has 2 heteroatoms. The Bertz CT molecular complexity index is 198. The predicted octanol–water partition coefficient (Wildman–Crippen LogP) is 2.33. The molecule has 0 radical (unpaired) electrons. The fourth-order valence-electron chi connectivity index (χ4n) is 1.72. The SMILES string of the molecule is CC(C)C(C)(C)CN1CCC(=O)CC1. The molecule has 0 spiro atoms. The van der Waals surface area contributed by atoms with Crippen LogP contribution in [0, 0.1) is 11.3 Å². The molecule has 0 aromatic heterocycles. The number of carbonyl (C=O) groups is 1. The number of carbonyl (C=O) groups excluding carboxylic acids is 1. The normalized spacial score (nSPS) is 20.5. The maximum Gasteiger partial charge on any atom is 0.135 e. The third kappa shape index (κ3) is 3.09. The van der Waals surface area contributed by atoms with E-state index in [2.05, 4.69) is 32.6 Å². The van der Waals surface area contributed by atoms with Crippen molar-refractivity contribution < 1.29 is 4.79 Å². The van der Waals surface area contributed by atoms with E-state index >= 15 is 0 Å². The maximum absolute atomic E-state index is 11.1. The molecule has 14 heavy (non-hydrogen) atoms. The van der Waals surface area contributed by atoms with Crippen LogP contribution in [0.2, 0.25) is 0 Å². The van der Waals surface area contributed by atoms with Crippen molar-refractivity contribution >= 4 is 5.78 Å². The van der Waals surface area contributed by atoms with Crippen molar-refractivity contribution in [3.63, 3.8) is 0 Å². The van der Waals surface area contributed by atoms with Crippen LogP contribution in [0.25, 0.3) is 0 Å². The number of Topliss-reactive ketones (excluding diaryl/α,β-unsaturated/α-hetero) is 1. The Hall–Kier alpha value is -0.370. The van der Waals surface area contributed by atoms with Gasteiger partial charge in [-0.25, -0.2) is 0 Å². The number of hydrogen-bond donors (Lipinski definition) is 0. The number of piperidine rings is 1. The van der Waals surface area contributed by atoms with E-state index in [0.717, 1.165) is 32.5 Å². The van der Waals surface area contributed by atoms with Crippen molar-refractivity contribution in [2.45, 2.75) is 40.5 Å². The van der Waals surface area contributed by atoms with Crippen molar-refractivity contribution in [2.24, 2.45) is 11.3 Å². The molecule has 1 heterocycles. The molecule has 0 aliphatic carbocycles. The van der Waals surface area contributed by atoms with Crippen LogP contribution >= 0.6 is 0 Å². The lowest BCUT2D eigenvalue weighted by atomic mass is 9.80. The molecule has 0 atom stereocenters. The van der Waals surface area contributed by atoms with Gasteiger partial charge in [0.05, 0.1) is 0 Å². The van der Waals surface area contributed by atoms with E-state index in [1.54, 1.807) is 0 Å². The zero-order chi connectivity index (χ0) is 10.8. The second-order valence-corrected chi connectivity index (χ2v) is 5.46. The largest absolute Gasteiger partial charge is 0.302 e. The predicted molar refractivity (Wildman–Crippen MR) is 59.3 cm³/mol. The van der Waals surface area contributed by atoms with E-state index in [0.29, 0.717) is 17.1 Å². The minimum Gasteiger partial charge on any atom is -0.302 e. The molecule has 0 bridgehead atoms. The maximum atomic E-state index is 11.1. The molecular formula is C12H23NO. The van der Waals surface area contributed by atoms with Crippen LogP contribution in [0.3, 0.4) is 0 Å². The van der Waals surface area contributed by atoms with Crippen LogP contribution in [0.1, 0.15) is 40.5 Å². The molecule has 2 nitrogen and oxygen atoms in total. The Kier molecular flexibility index (Phi) is 3.71. The van der Waals surface area contributed by atoms with Gasteiger partial charge in [-0.3, -0.25) is 4.79 Å². The summed E-state index contributed by atoms with van der Waals surface area (Å²) in [5.74, 6) is 1.13. The quantitative estimate of drug-likeness (QED) is 0.692. The number of rotatable bonds is 3. The number of hydrogen-bond acceptors (Lipinski definition) is 2. The lowest BCUT2D eigenvalue weighted by Crippen LogP contribution is -2.41. The van der Waals surface area contributed by atoms with Crippen LogP contribution in [-0.2, 0) is 4.79 Å². The van der Waals surface area contributed by atoms with Crippen LogP contribution in [0.4, 0.5) is 0 Å². The summed E-state index contributed by atoms with van der Waals surface area (Å²) in [7, 11) is 0. The van der Waals surface area contributed by atoms with E-state index < -0.39 is 0 Å². The van der Waals surface area contributed by atoms with E-state index in [-0.39, 0.29) is 0 Å². The van der Waals surface area contributed by atoms with E-state index in [9.17, 15) is 4.79 Å². The van der Waals surface area contributed by atoms with Crippen molar-refractivity contribution in [3.05, 3.63) is 0 Å². The molecule has 0 saturated carbocycles. The fraction of sp³-hybridized carbons (Fsp3) is 0.917. The number of likely N-dealkylation sites (tertiary alicyclic amines) is 1. The van der Waals surface area contributed by atoms with Crippen molar-refractivity contribution in [2.75, 3.05) is 19.6 Å². The standard InChI is InChI=1S/C12H23NO/c1-10(2)12(3,4)9-13-7-5-11(14)6-8-13/h10H,5-9H2,1-4H3. The van der Waals surface area contributed by atoms with E-state index in [1.807, 2.05) is 0 Å². The Morgan fingerprint density at radius 1 is 1.29 bits per heavy atom. The van der Waals surface area contributed by atoms with Crippen LogP contribution < -0.4 is 0 Å². The average molecular weight is 197 g/mol. The first kappa shape index (κ1) is 11.7. The monoisotopic (exact) mass is 197 g/mol. The second-order valence-electron chi connectivity index (χ2n) is 5.46. The fourth-order valence-corrected chi connectivity index (χ4v) is 1.72. The van der Waals surface area contributed by atoms with Gasteiger partial charge < -0.3 is 4.90 Å². The molecule has 1 saturated heterocycles. The molecule has 1 aliphatic heterocycles. The summed E-state index contributed by atoms with van der Waals surface area (Å²) in [4.78, 5) is 13.5. The molecule has 1 rings (SSSR count). The smallest absolute Gasteiger partial charge is 0.135 e. The summed E-state index contributed by atoms with van der Waals surface area (Å²) in [6.07, 6.45) is 1.52. The van der Waals surface area contributed by atoms with Crippen molar-refractivity contribution in [3.8, 4) is 0 Å². The third-order valence-electron chi connectivity index (χ3n) is 3.61. The highest BCUT2D eigenvalue weighted by atomic mass is 16.1. The zero-order valence-electron chi connectivity index (χ0n) is 9.97. The highest BCUT2D eigenvalue weighted by Crippen LogP contribution is 2.27. The summed E-state index contributed by atoms with van der Waals surface area (Å²) in [6.45, 7) is 12.2. The molecule has 1 fully saturated rings. The van der Waals surface area contributed by atoms with Crippen molar-refractivity contribution in [1.82, 2.24) is 4.90 Å². The zero-order valence-corrected chi connectivity index (χ0v) is 9.97. The average Bonchev–Trinajstić information content (AvgIpc) is 2.08. The van der Waals surface area contributed by atoms with E-state index in [4.69, 9.17) is 0 Å². The topological polar surface area (TPSA) is 20.3 Å². The summed E-state index contributed by atoms with van der Waals surface area (Å²) in [6, 6.07) is 0.